The van der Waals surface area contributed by atoms with Gasteiger partial charge in [-0.15, -0.1) is 0 Å². The molecule has 0 atom stereocenters. The fourth-order valence-electron chi connectivity index (χ4n) is 1.92. The molecule has 0 saturated heterocycles. The van der Waals surface area contributed by atoms with Gasteiger partial charge in [-0.2, -0.15) is 0 Å². The average Bonchev–Trinajstić information content (AvgIpc) is 2.17. The predicted molar refractivity (Wildman–Crippen MR) is 56.4 cm³/mol. The van der Waals surface area contributed by atoms with Gasteiger partial charge in [-0.25, -0.2) is 4.79 Å². The molecule has 4 heteroatoms. The van der Waals surface area contributed by atoms with Crippen molar-refractivity contribution in [3.63, 3.8) is 0 Å². The first-order valence-corrected chi connectivity index (χ1v) is 5.14. The Kier molecular flexibility index (Phi) is 3.88. The number of carbonyl (C=O) groups is 2. The third kappa shape index (κ3) is 3.38. The molecule has 1 aliphatic rings. The smallest absolute Gasteiger partial charge is 0.328 e. The van der Waals surface area contributed by atoms with Crippen molar-refractivity contribution in [2.45, 2.75) is 25.7 Å². The minimum atomic E-state index is -0.887. The number of carboxylic acids is 1. The molecular weight excluding hydrogens is 194 g/mol. The van der Waals surface area contributed by atoms with Crippen LogP contribution in [-0.2, 0) is 9.59 Å². The minimum Gasteiger partial charge on any atom is -0.478 e. The Hall–Kier alpha value is -1.32. The minimum absolute atomic E-state index is 0.0749. The summed E-state index contributed by atoms with van der Waals surface area (Å²) in [5, 5.41) is 8.58. The molecule has 1 amide bonds. The van der Waals surface area contributed by atoms with Crippen LogP contribution in [0, 0.1) is 5.92 Å². The van der Waals surface area contributed by atoms with Gasteiger partial charge in [0.15, 0.2) is 0 Å². The van der Waals surface area contributed by atoms with Crippen molar-refractivity contribution in [3.8, 4) is 0 Å². The lowest BCUT2D eigenvalue weighted by atomic mass is 9.85. The number of allylic oxidation sites excluding steroid dienone is 1. The third-order valence-electron chi connectivity index (χ3n) is 2.75. The summed E-state index contributed by atoms with van der Waals surface area (Å²) < 4.78 is 0. The molecule has 0 radical (unpaired) electrons. The lowest BCUT2D eigenvalue weighted by Gasteiger charge is -2.25. The standard InChI is InChI=1S/C11H17NO3/c1-12(2)11(15)9-5-3-8(4-6-9)7-10(13)14/h7,9H,3-6H2,1-2H3,(H,13,14). The Morgan fingerprint density at radius 1 is 1.33 bits per heavy atom. The lowest BCUT2D eigenvalue weighted by Crippen LogP contribution is -2.31. The van der Waals surface area contributed by atoms with Crippen molar-refractivity contribution < 1.29 is 14.7 Å². The van der Waals surface area contributed by atoms with Crippen LogP contribution in [0.3, 0.4) is 0 Å². The van der Waals surface area contributed by atoms with Crippen LogP contribution in [0.25, 0.3) is 0 Å². The molecule has 1 aliphatic carbocycles. The van der Waals surface area contributed by atoms with Gasteiger partial charge in [-0.1, -0.05) is 5.57 Å². The van der Waals surface area contributed by atoms with E-state index in [1.807, 2.05) is 0 Å². The van der Waals surface area contributed by atoms with E-state index in [-0.39, 0.29) is 11.8 Å². The van der Waals surface area contributed by atoms with E-state index < -0.39 is 5.97 Å². The monoisotopic (exact) mass is 211 g/mol. The lowest BCUT2D eigenvalue weighted by molar-refractivity contribution is -0.133. The molecule has 0 aromatic heterocycles. The molecule has 0 aromatic rings. The second-order valence-corrected chi connectivity index (χ2v) is 4.15. The maximum atomic E-state index is 11.6. The molecule has 0 aromatic carbocycles. The first-order valence-electron chi connectivity index (χ1n) is 5.14. The normalized spacial score (nSPS) is 20.9. The molecule has 15 heavy (non-hydrogen) atoms. The van der Waals surface area contributed by atoms with Crippen LogP contribution < -0.4 is 0 Å². The zero-order chi connectivity index (χ0) is 11.4. The second-order valence-electron chi connectivity index (χ2n) is 4.15. The Morgan fingerprint density at radius 3 is 2.27 bits per heavy atom. The van der Waals surface area contributed by atoms with Gasteiger partial charge in [0.1, 0.15) is 0 Å². The fraction of sp³-hybridized carbons (Fsp3) is 0.636. The Balaban J connectivity index is 2.49. The zero-order valence-corrected chi connectivity index (χ0v) is 9.19. The van der Waals surface area contributed by atoms with Crippen LogP contribution in [0.2, 0.25) is 0 Å². The summed E-state index contributed by atoms with van der Waals surface area (Å²) in [4.78, 5) is 23.7. The van der Waals surface area contributed by atoms with E-state index >= 15 is 0 Å². The highest BCUT2D eigenvalue weighted by molar-refractivity contribution is 5.81. The first kappa shape index (κ1) is 11.8. The van der Waals surface area contributed by atoms with E-state index in [4.69, 9.17) is 5.11 Å². The summed E-state index contributed by atoms with van der Waals surface area (Å²) in [6.45, 7) is 0. The third-order valence-corrected chi connectivity index (χ3v) is 2.75. The van der Waals surface area contributed by atoms with E-state index in [1.165, 1.54) is 6.08 Å². The highest BCUT2D eigenvalue weighted by atomic mass is 16.4. The number of hydrogen-bond acceptors (Lipinski definition) is 2. The highest BCUT2D eigenvalue weighted by Gasteiger charge is 2.24. The van der Waals surface area contributed by atoms with Crippen LogP contribution in [0.5, 0.6) is 0 Å². The van der Waals surface area contributed by atoms with E-state index in [1.54, 1.807) is 19.0 Å². The Morgan fingerprint density at radius 2 is 1.87 bits per heavy atom. The number of aliphatic carboxylic acids is 1. The molecule has 1 saturated carbocycles. The van der Waals surface area contributed by atoms with Gasteiger partial charge in [0.2, 0.25) is 5.91 Å². The number of rotatable bonds is 2. The molecule has 84 valence electrons. The van der Waals surface area contributed by atoms with Crippen LogP contribution >= 0.6 is 0 Å². The topological polar surface area (TPSA) is 57.6 Å². The van der Waals surface area contributed by atoms with Crippen molar-refractivity contribution in [3.05, 3.63) is 11.6 Å². The summed E-state index contributed by atoms with van der Waals surface area (Å²) in [5.74, 6) is -0.655. The van der Waals surface area contributed by atoms with Crippen molar-refractivity contribution in [1.82, 2.24) is 4.90 Å². The van der Waals surface area contributed by atoms with Gasteiger partial charge >= 0.3 is 5.97 Å². The molecular formula is C11H17NO3. The van der Waals surface area contributed by atoms with E-state index in [9.17, 15) is 9.59 Å². The Labute approximate surface area is 89.6 Å². The number of carbonyl (C=O) groups excluding carboxylic acids is 1. The van der Waals surface area contributed by atoms with Gasteiger partial charge in [0.25, 0.3) is 0 Å². The van der Waals surface area contributed by atoms with E-state index in [0.717, 1.165) is 31.3 Å². The maximum Gasteiger partial charge on any atom is 0.328 e. The van der Waals surface area contributed by atoms with Crippen LogP contribution in [0.4, 0.5) is 0 Å². The summed E-state index contributed by atoms with van der Waals surface area (Å²) in [6, 6.07) is 0. The zero-order valence-electron chi connectivity index (χ0n) is 9.19. The van der Waals surface area contributed by atoms with Crippen molar-refractivity contribution in [2.24, 2.45) is 5.92 Å². The first-order chi connectivity index (χ1) is 7.00. The van der Waals surface area contributed by atoms with Crippen LogP contribution in [-0.4, -0.2) is 36.0 Å². The summed E-state index contributed by atoms with van der Waals surface area (Å²) in [5.41, 5.74) is 0.949. The quantitative estimate of drug-likeness (QED) is 0.700. The SMILES string of the molecule is CN(C)C(=O)C1CCC(=CC(=O)O)CC1. The molecule has 0 aliphatic heterocycles. The van der Waals surface area contributed by atoms with Crippen LogP contribution in [0.1, 0.15) is 25.7 Å². The average molecular weight is 211 g/mol. The number of hydrogen-bond donors (Lipinski definition) is 1. The molecule has 0 bridgehead atoms. The summed E-state index contributed by atoms with van der Waals surface area (Å²) in [6.07, 6.45) is 4.29. The number of nitrogens with zero attached hydrogens (tertiary/aromatic N) is 1. The number of carboxylic acid groups (broad SMARTS) is 1. The molecule has 4 nitrogen and oxygen atoms in total. The van der Waals surface area contributed by atoms with Crippen LogP contribution in [0.15, 0.2) is 11.6 Å². The molecule has 1 rings (SSSR count). The molecule has 0 unspecified atom stereocenters. The van der Waals surface area contributed by atoms with Gasteiger partial charge in [0, 0.05) is 26.1 Å². The Bertz CT molecular complexity index is 284. The van der Waals surface area contributed by atoms with Gasteiger partial charge in [0.05, 0.1) is 0 Å². The van der Waals surface area contributed by atoms with E-state index in [2.05, 4.69) is 0 Å². The highest BCUT2D eigenvalue weighted by Crippen LogP contribution is 2.28. The van der Waals surface area contributed by atoms with E-state index in [0.29, 0.717) is 0 Å². The van der Waals surface area contributed by atoms with Gasteiger partial charge < -0.3 is 10.0 Å². The molecule has 0 spiro atoms. The van der Waals surface area contributed by atoms with Gasteiger partial charge in [-0.05, 0) is 25.7 Å². The summed E-state index contributed by atoms with van der Waals surface area (Å²) >= 11 is 0. The summed E-state index contributed by atoms with van der Waals surface area (Å²) in [7, 11) is 3.51. The van der Waals surface area contributed by atoms with Crippen molar-refractivity contribution in [2.75, 3.05) is 14.1 Å². The second kappa shape index (κ2) is 4.96. The molecule has 0 heterocycles. The maximum absolute atomic E-state index is 11.6. The molecule has 1 fully saturated rings. The van der Waals surface area contributed by atoms with Crippen molar-refractivity contribution in [1.29, 1.82) is 0 Å². The van der Waals surface area contributed by atoms with Crippen molar-refractivity contribution >= 4 is 11.9 Å². The van der Waals surface area contributed by atoms with Gasteiger partial charge in [-0.3, -0.25) is 4.79 Å². The fourth-order valence-corrected chi connectivity index (χ4v) is 1.92. The number of amides is 1. The predicted octanol–water partition coefficient (Wildman–Crippen LogP) is 1.28. The molecule has 1 N–H and O–H groups in total. The largest absolute Gasteiger partial charge is 0.478 e.